The van der Waals surface area contributed by atoms with Crippen LogP contribution in [-0.2, 0) is 32.0 Å². The molecule has 2 aromatic rings. The Hall–Kier alpha value is -4.19. The average Bonchev–Trinajstić information content (AvgIpc) is 3.59. The van der Waals surface area contributed by atoms with Crippen molar-refractivity contribution >= 4 is 23.8 Å². The van der Waals surface area contributed by atoms with E-state index in [1.807, 2.05) is 36.4 Å². The van der Waals surface area contributed by atoms with Crippen molar-refractivity contribution in [2.45, 2.75) is 142 Å². The lowest BCUT2D eigenvalue weighted by Crippen LogP contribution is -2.59. The fourth-order valence-corrected chi connectivity index (χ4v) is 6.56. The summed E-state index contributed by atoms with van der Waals surface area (Å²) in [5, 5.41) is 23.0. The molecular weight excluding hydrogens is 660 g/mol. The molecule has 1 aliphatic carbocycles. The minimum Gasteiger partial charge on any atom is -0.433 e. The number of amides is 4. The number of hydrogen-bond donors (Lipinski definition) is 6. The first-order valence-corrected chi connectivity index (χ1v) is 18.7. The molecule has 288 valence electrons. The van der Waals surface area contributed by atoms with Gasteiger partial charge in [-0.2, -0.15) is 0 Å². The molecule has 12 heteroatoms. The lowest BCUT2D eigenvalue weighted by Gasteiger charge is -2.33. The zero-order valence-corrected chi connectivity index (χ0v) is 32.2. The highest BCUT2D eigenvalue weighted by molar-refractivity contribution is 5.94. The van der Waals surface area contributed by atoms with Crippen molar-refractivity contribution in [1.82, 2.24) is 31.2 Å². The summed E-state index contributed by atoms with van der Waals surface area (Å²) in [7, 11) is 0. The third kappa shape index (κ3) is 14.1. The molecule has 0 saturated heterocycles. The highest BCUT2D eigenvalue weighted by Gasteiger charge is 2.37. The predicted molar refractivity (Wildman–Crippen MR) is 202 cm³/mol. The lowest BCUT2D eigenvalue weighted by atomic mass is 9.81. The topological polar surface area (TPSA) is 175 Å². The number of ether oxygens (including phenoxy) is 1. The summed E-state index contributed by atoms with van der Waals surface area (Å²) < 4.78 is 5.48. The molecular formula is C40H62N6O6. The van der Waals surface area contributed by atoms with Gasteiger partial charge in [0, 0.05) is 30.3 Å². The second-order valence-electron chi connectivity index (χ2n) is 16.1. The zero-order valence-electron chi connectivity index (χ0n) is 32.2. The summed E-state index contributed by atoms with van der Waals surface area (Å²) in [5.41, 5.74) is -0.811. The fraction of sp³-hybridized carbons (Fsp3) is 0.625. The first-order valence-electron chi connectivity index (χ1n) is 18.7. The van der Waals surface area contributed by atoms with Gasteiger partial charge in [-0.15, -0.1) is 6.58 Å². The SMILES string of the molecule is C=C[C@@H](C[C@H](O)[C@H](CC1CCCCC1)NC(=O)[C@H](Cc1cnc[nH]1)NC(=O)[C@H](Cc1ccccc1)NC(=O)C(C)(C)OC(=O)NC(C)(C)C)C(C)C. The highest BCUT2D eigenvalue weighted by atomic mass is 16.6. The number of nitrogens with one attached hydrogen (secondary N) is 5. The van der Waals surface area contributed by atoms with Crippen LogP contribution in [0.5, 0.6) is 0 Å². The molecule has 1 heterocycles. The van der Waals surface area contributed by atoms with Gasteiger partial charge in [0.1, 0.15) is 12.1 Å². The van der Waals surface area contributed by atoms with E-state index in [0.29, 0.717) is 24.5 Å². The molecule has 0 unspecified atom stereocenters. The van der Waals surface area contributed by atoms with Crippen LogP contribution in [0.4, 0.5) is 4.79 Å². The molecule has 1 aromatic heterocycles. The number of aromatic amines is 1. The van der Waals surface area contributed by atoms with Crippen LogP contribution in [0.15, 0.2) is 55.5 Å². The second kappa shape index (κ2) is 19.6. The van der Waals surface area contributed by atoms with E-state index in [4.69, 9.17) is 4.74 Å². The summed E-state index contributed by atoms with van der Waals surface area (Å²) >= 11 is 0. The fourth-order valence-electron chi connectivity index (χ4n) is 6.56. The number of carbonyl (C=O) groups is 4. The minimum atomic E-state index is -1.63. The lowest BCUT2D eigenvalue weighted by molar-refractivity contribution is -0.140. The summed E-state index contributed by atoms with van der Waals surface area (Å²) in [4.78, 5) is 61.6. The van der Waals surface area contributed by atoms with Crippen LogP contribution >= 0.6 is 0 Å². The zero-order chi connectivity index (χ0) is 38.5. The Labute approximate surface area is 309 Å². The number of aromatic nitrogens is 2. The maximum atomic E-state index is 14.2. The number of rotatable bonds is 18. The quantitative estimate of drug-likeness (QED) is 0.116. The van der Waals surface area contributed by atoms with Gasteiger partial charge < -0.3 is 36.1 Å². The van der Waals surface area contributed by atoms with E-state index in [1.165, 1.54) is 26.6 Å². The summed E-state index contributed by atoms with van der Waals surface area (Å²) in [6, 6.07) is 6.47. The molecule has 0 spiro atoms. The van der Waals surface area contributed by atoms with Crippen LogP contribution in [-0.4, -0.2) is 74.3 Å². The Kier molecular flexibility index (Phi) is 15.9. The van der Waals surface area contributed by atoms with Crippen LogP contribution in [0, 0.1) is 17.8 Å². The molecule has 1 fully saturated rings. The molecule has 12 nitrogen and oxygen atoms in total. The van der Waals surface area contributed by atoms with Gasteiger partial charge in [0.05, 0.1) is 18.5 Å². The number of allylic oxidation sites excluding steroid dienone is 1. The first-order chi connectivity index (χ1) is 24.5. The summed E-state index contributed by atoms with van der Waals surface area (Å²) in [6.07, 6.45) is 10.2. The molecule has 0 aliphatic heterocycles. The number of alkyl carbamates (subject to hydrolysis) is 1. The molecule has 1 aromatic carbocycles. The van der Waals surface area contributed by atoms with E-state index in [1.54, 1.807) is 27.0 Å². The van der Waals surface area contributed by atoms with Crippen molar-refractivity contribution in [2.75, 3.05) is 0 Å². The van der Waals surface area contributed by atoms with Crippen molar-refractivity contribution in [1.29, 1.82) is 0 Å². The Bertz CT molecular complexity index is 1430. The van der Waals surface area contributed by atoms with Crippen molar-refractivity contribution in [2.24, 2.45) is 17.8 Å². The van der Waals surface area contributed by atoms with Crippen molar-refractivity contribution in [3.63, 3.8) is 0 Å². The number of aliphatic hydroxyl groups excluding tert-OH is 1. The highest BCUT2D eigenvalue weighted by Crippen LogP contribution is 2.30. The smallest absolute Gasteiger partial charge is 0.408 e. The number of benzene rings is 1. The largest absolute Gasteiger partial charge is 0.433 e. The van der Waals surface area contributed by atoms with Crippen LogP contribution in [0.1, 0.15) is 105 Å². The van der Waals surface area contributed by atoms with Crippen molar-refractivity contribution < 1.29 is 29.0 Å². The van der Waals surface area contributed by atoms with Crippen LogP contribution < -0.4 is 21.3 Å². The summed E-state index contributed by atoms with van der Waals surface area (Å²) in [6.45, 7) is 16.4. The van der Waals surface area contributed by atoms with Crippen LogP contribution in [0.25, 0.3) is 0 Å². The van der Waals surface area contributed by atoms with Gasteiger partial charge in [-0.05, 0) is 70.8 Å². The van der Waals surface area contributed by atoms with Crippen molar-refractivity contribution in [3.8, 4) is 0 Å². The minimum absolute atomic E-state index is 0.0661. The van der Waals surface area contributed by atoms with Crippen LogP contribution in [0.3, 0.4) is 0 Å². The number of carbonyl (C=O) groups excluding carboxylic acids is 4. The number of aliphatic hydroxyl groups is 1. The maximum Gasteiger partial charge on any atom is 0.408 e. The number of imidazole rings is 1. The number of hydrogen-bond acceptors (Lipinski definition) is 7. The van der Waals surface area contributed by atoms with Gasteiger partial charge in [0.2, 0.25) is 11.8 Å². The molecule has 5 atom stereocenters. The van der Waals surface area contributed by atoms with E-state index in [9.17, 15) is 24.3 Å². The Balaban J connectivity index is 1.87. The standard InChI is InChI=1S/C40H62N6O6/c1-9-29(26(2)3)22-34(47)31(20-27-16-12-10-13-17-27)43-36(49)33(23-30-24-41-25-42-30)44-35(48)32(21-28-18-14-11-15-19-28)45-37(50)40(7,8)52-38(51)46-39(4,5)6/h9,11,14-15,18-19,24-27,29,31-34,47H,1,10,12-13,16-17,20-23H2,2-8H3,(H,41,42)(H,43,49)(H,44,48)(H,45,50)(H,46,51)/t29-,31-,32-,33-,34-/m0/s1. The predicted octanol–water partition coefficient (Wildman–Crippen LogP) is 5.13. The summed E-state index contributed by atoms with van der Waals surface area (Å²) in [5.74, 6) is -1.02. The van der Waals surface area contributed by atoms with E-state index >= 15 is 0 Å². The third-order valence-corrected chi connectivity index (χ3v) is 9.66. The van der Waals surface area contributed by atoms with Gasteiger partial charge in [0.15, 0.2) is 5.60 Å². The van der Waals surface area contributed by atoms with Gasteiger partial charge in [-0.25, -0.2) is 9.78 Å². The normalized spacial score (nSPS) is 16.9. The molecule has 1 aliphatic rings. The van der Waals surface area contributed by atoms with E-state index in [2.05, 4.69) is 51.7 Å². The van der Waals surface area contributed by atoms with E-state index in [-0.39, 0.29) is 24.7 Å². The molecule has 0 bridgehead atoms. The van der Waals surface area contributed by atoms with Gasteiger partial charge >= 0.3 is 6.09 Å². The number of H-pyrrole nitrogens is 1. The molecule has 3 rings (SSSR count). The van der Waals surface area contributed by atoms with Crippen molar-refractivity contribution in [3.05, 3.63) is 66.8 Å². The van der Waals surface area contributed by atoms with E-state index in [0.717, 1.165) is 31.2 Å². The molecule has 1 saturated carbocycles. The van der Waals surface area contributed by atoms with Crippen LogP contribution in [0.2, 0.25) is 0 Å². The molecule has 4 amide bonds. The maximum absolute atomic E-state index is 14.2. The Morgan fingerprint density at radius 3 is 2.17 bits per heavy atom. The first kappa shape index (κ1) is 42.2. The molecule has 6 N–H and O–H groups in total. The van der Waals surface area contributed by atoms with Gasteiger partial charge in [0.25, 0.3) is 5.91 Å². The monoisotopic (exact) mass is 722 g/mol. The second-order valence-corrected chi connectivity index (χ2v) is 16.1. The third-order valence-electron chi connectivity index (χ3n) is 9.66. The molecule has 52 heavy (non-hydrogen) atoms. The Morgan fingerprint density at radius 1 is 0.962 bits per heavy atom. The Morgan fingerprint density at radius 2 is 1.60 bits per heavy atom. The number of nitrogens with zero attached hydrogens (tertiary/aromatic N) is 1. The van der Waals surface area contributed by atoms with E-state index < -0.39 is 59.2 Å². The average molecular weight is 723 g/mol. The van der Waals surface area contributed by atoms with Gasteiger partial charge in [-0.3, -0.25) is 14.4 Å². The van der Waals surface area contributed by atoms with Gasteiger partial charge in [-0.1, -0.05) is 82.4 Å². The molecule has 0 radical (unpaired) electrons.